The van der Waals surface area contributed by atoms with Gasteiger partial charge in [-0.2, -0.15) is 5.10 Å². The summed E-state index contributed by atoms with van der Waals surface area (Å²) < 4.78 is 1.61. The van der Waals surface area contributed by atoms with Gasteiger partial charge in [0.25, 0.3) is 0 Å². The average Bonchev–Trinajstić information content (AvgIpc) is 2.69. The molecule has 1 N–H and O–H groups in total. The number of halogens is 1. The Morgan fingerprint density at radius 3 is 2.39 bits per heavy atom. The van der Waals surface area contributed by atoms with Crippen molar-refractivity contribution in [3.63, 3.8) is 0 Å². The molecule has 0 saturated heterocycles. The lowest BCUT2D eigenvalue weighted by Crippen LogP contribution is -2.26. The molecule has 0 aliphatic carbocycles. The van der Waals surface area contributed by atoms with E-state index in [0.717, 1.165) is 12.0 Å². The Labute approximate surface area is 112 Å². The van der Waals surface area contributed by atoms with Gasteiger partial charge in [0.15, 0.2) is 0 Å². The number of benzene rings is 1. The van der Waals surface area contributed by atoms with Crippen LogP contribution in [0.3, 0.4) is 0 Å². The van der Waals surface area contributed by atoms with Gasteiger partial charge in [0.2, 0.25) is 0 Å². The Balaban J connectivity index is 2.47. The molecular formula is C14H17ClN2O. The van der Waals surface area contributed by atoms with Crippen molar-refractivity contribution in [2.45, 2.75) is 25.9 Å². The Hall–Kier alpha value is -1.32. The van der Waals surface area contributed by atoms with Crippen LogP contribution in [0, 0.1) is 0 Å². The molecule has 0 bridgehead atoms. The molecule has 0 aliphatic heterocycles. The first-order valence-corrected chi connectivity index (χ1v) is 6.34. The van der Waals surface area contributed by atoms with Gasteiger partial charge < -0.3 is 5.11 Å². The summed E-state index contributed by atoms with van der Waals surface area (Å²) in [7, 11) is 1.77. The van der Waals surface area contributed by atoms with Crippen molar-refractivity contribution in [3.8, 4) is 0 Å². The van der Waals surface area contributed by atoms with Crippen LogP contribution in [-0.2, 0) is 19.1 Å². The van der Waals surface area contributed by atoms with Crippen molar-refractivity contribution < 1.29 is 5.11 Å². The molecule has 1 aromatic carbocycles. The van der Waals surface area contributed by atoms with Crippen molar-refractivity contribution in [1.29, 1.82) is 0 Å². The van der Waals surface area contributed by atoms with Gasteiger partial charge in [0, 0.05) is 7.05 Å². The number of nitrogens with zero attached hydrogens (tertiary/aromatic N) is 2. The fraction of sp³-hybridized carbons (Fsp3) is 0.357. The van der Waals surface area contributed by atoms with Gasteiger partial charge in [0.1, 0.15) is 5.60 Å². The second-order valence-electron chi connectivity index (χ2n) is 4.59. The van der Waals surface area contributed by atoms with Crippen LogP contribution >= 0.6 is 11.6 Å². The summed E-state index contributed by atoms with van der Waals surface area (Å²) in [5, 5.41) is 15.3. The van der Waals surface area contributed by atoms with Gasteiger partial charge in [-0.25, -0.2) is 0 Å². The Morgan fingerprint density at radius 2 is 1.94 bits per heavy atom. The van der Waals surface area contributed by atoms with Gasteiger partial charge in [-0.05, 0) is 24.5 Å². The fourth-order valence-electron chi connectivity index (χ4n) is 2.16. The number of hydrogen-bond donors (Lipinski definition) is 1. The van der Waals surface area contributed by atoms with Crippen molar-refractivity contribution in [3.05, 3.63) is 52.3 Å². The summed E-state index contributed by atoms with van der Waals surface area (Å²) >= 11 is 6.09. The predicted molar refractivity (Wildman–Crippen MR) is 72.7 cm³/mol. The number of aryl methyl sites for hydroxylation is 2. The van der Waals surface area contributed by atoms with Gasteiger partial charge in [-0.3, -0.25) is 4.68 Å². The lowest BCUT2D eigenvalue weighted by Gasteiger charge is -2.25. The van der Waals surface area contributed by atoms with Gasteiger partial charge in [-0.15, -0.1) is 0 Å². The summed E-state index contributed by atoms with van der Waals surface area (Å²) in [4.78, 5) is 0. The molecule has 0 spiro atoms. The number of aliphatic hydroxyl groups is 1. The first-order chi connectivity index (χ1) is 8.46. The molecule has 1 heterocycles. The molecule has 3 nitrogen and oxygen atoms in total. The lowest BCUT2D eigenvalue weighted by molar-refractivity contribution is 0.0930. The number of aromatic nitrogens is 2. The molecule has 18 heavy (non-hydrogen) atoms. The topological polar surface area (TPSA) is 38.1 Å². The summed E-state index contributed by atoms with van der Waals surface area (Å²) in [6, 6.07) is 7.91. The normalized spacial score (nSPS) is 14.5. The first kappa shape index (κ1) is 13.1. The molecular weight excluding hydrogens is 248 g/mol. The highest BCUT2D eigenvalue weighted by molar-refractivity contribution is 6.31. The lowest BCUT2D eigenvalue weighted by atomic mass is 9.91. The van der Waals surface area contributed by atoms with Gasteiger partial charge in [-0.1, -0.05) is 42.8 Å². The molecule has 0 amide bonds. The molecule has 96 valence electrons. The summed E-state index contributed by atoms with van der Waals surface area (Å²) in [5.41, 5.74) is 1.51. The van der Waals surface area contributed by atoms with E-state index >= 15 is 0 Å². The minimum Gasteiger partial charge on any atom is -0.379 e. The molecule has 1 atom stereocenters. The predicted octanol–water partition coefficient (Wildman–Crippen LogP) is 2.89. The van der Waals surface area contributed by atoms with E-state index in [-0.39, 0.29) is 0 Å². The summed E-state index contributed by atoms with van der Waals surface area (Å²) in [6.07, 6.45) is 2.53. The highest BCUT2D eigenvalue weighted by Crippen LogP contribution is 2.33. The zero-order valence-electron chi connectivity index (χ0n) is 10.8. The third kappa shape index (κ3) is 2.16. The second kappa shape index (κ2) is 4.75. The highest BCUT2D eigenvalue weighted by Gasteiger charge is 2.31. The van der Waals surface area contributed by atoms with Crippen LogP contribution in [0.25, 0.3) is 0 Å². The van der Waals surface area contributed by atoms with Crippen LogP contribution in [0.4, 0.5) is 0 Å². The Morgan fingerprint density at radius 1 is 1.33 bits per heavy atom. The second-order valence-corrected chi connectivity index (χ2v) is 4.99. The summed E-state index contributed by atoms with van der Waals surface area (Å²) in [5.74, 6) is 0. The molecule has 0 aliphatic rings. The Kier molecular flexibility index (Phi) is 3.46. The quantitative estimate of drug-likeness (QED) is 0.926. The van der Waals surface area contributed by atoms with Crippen LogP contribution in [0.15, 0.2) is 30.5 Å². The molecule has 0 radical (unpaired) electrons. The zero-order valence-corrected chi connectivity index (χ0v) is 11.6. The van der Waals surface area contributed by atoms with Crippen molar-refractivity contribution in [1.82, 2.24) is 9.78 Å². The van der Waals surface area contributed by atoms with Crippen LogP contribution in [0.2, 0.25) is 5.02 Å². The first-order valence-electron chi connectivity index (χ1n) is 5.96. The molecule has 1 aromatic heterocycles. The minimum atomic E-state index is -1.14. The highest BCUT2D eigenvalue weighted by atomic mass is 35.5. The van der Waals surface area contributed by atoms with E-state index in [1.165, 1.54) is 5.56 Å². The van der Waals surface area contributed by atoms with Crippen LogP contribution in [-0.4, -0.2) is 14.9 Å². The Bertz CT molecular complexity index is 524. The van der Waals surface area contributed by atoms with E-state index in [1.54, 1.807) is 24.9 Å². The zero-order chi connectivity index (χ0) is 13.3. The SMILES string of the molecule is CCc1ccc(C(C)(O)c2c(Cl)cnn2C)cc1. The van der Waals surface area contributed by atoms with E-state index in [2.05, 4.69) is 12.0 Å². The van der Waals surface area contributed by atoms with Gasteiger partial charge >= 0.3 is 0 Å². The number of hydrogen-bond acceptors (Lipinski definition) is 2. The van der Waals surface area contributed by atoms with Gasteiger partial charge in [0.05, 0.1) is 16.9 Å². The van der Waals surface area contributed by atoms with Crippen LogP contribution < -0.4 is 0 Å². The van der Waals surface area contributed by atoms with E-state index in [4.69, 9.17) is 11.6 Å². The van der Waals surface area contributed by atoms with Crippen LogP contribution in [0.1, 0.15) is 30.7 Å². The molecule has 0 fully saturated rings. The van der Waals surface area contributed by atoms with Crippen molar-refractivity contribution in [2.75, 3.05) is 0 Å². The molecule has 0 saturated carbocycles. The standard InChI is InChI=1S/C14H17ClN2O/c1-4-10-5-7-11(8-6-10)14(2,18)13-12(15)9-16-17(13)3/h5-9,18H,4H2,1-3H3. The average molecular weight is 265 g/mol. The molecule has 2 aromatic rings. The smallest absolute Gasteiger partial charge is 0.130 e. The third-order valence-corrected chi connectivity index (χ3v) is 3.56. The van der Waals surface area contributed by atoms with E-state index in [1.807, 2.05) is 24.3 Å². The third-order valence-electron chi connectivity index (χ3n) is 3.28. The minimum absolute atomic E-state index is 0.474. The molecule has 2 rings (SSSR count). The molecule has 1 unspecified atom stereocenters. The monoisotopic (exact) mass is 264 g/mol. The van der Waals surface area contributed by atoms with Crippen LogP contribution in [0.5, 0.6) is 0 Å². The maximum atomic E-state index is 10.7. The van der Waals surface area contributed by atoms with Crippen molar-refractivity contribution in [2.24, 2.45) is 7.05 Å². The fourth-order valence-corrected chi connectivity index (χ4v) is 2.51. The van der Waals surface area contributed by atoms with Crippen molar-refractivity contribution >= 4 is 11.6 Å². The van der Waals surface area contributed by atoms with E-state index in [9.17, 15) is 5.11 Å². The summed E-state index contributed by atoms with van der Waals surface area (Å²) in [6.45, 7) is 3.84. The number of rotatable bonds is 3. The van der Waals surface area contributed by atoms with E-state index in [0.29, 0.717) is 10.7 Å². The molecule has 4 heteroatoms. The maximum absolute atomic E-state index is 10.7. The largest absolute Gasteiger partial charge is 0.379 e. The maximum Gasteiger partial charge on any atom is 0.130 e. The van der Waals surface area contributed by atoms with E-state index < -0.39 is 5.60 Å².